The van der Waals surface area contributed by atoms with E-state index in [1.165, 1.54) is 17.0 Å². The van der Waals surface area contributed by atoms with E-state index in [9.17, 15) is 14.0 Å². The van der Waals surface area contributed by atoms with Crippen molar-refractivity contribution in [2.75, 3.05) is 11.9 Å². The van der Waals surface area contributed by atoms with E-state index in [2.05, 4.69) is 21.2 Å². The van der Waals surface area contributed by atoms with Gasteiger partial charge in [-0.3, -0.25) is 9.59 Å². The highest BCUT2D eigenvalue weighted by Crippen LogP contribution is 2.38. The van der Waals surface area contributed by atoms with E-state index in [-0.39, 0.29) is 24.2 Å². The van der Waals surface area contributed by atoms with Crippen LogP contribution in [-0.4, -0.2) is 23.3 Å². The number of nitrogens with zero attached hydrogens (tertiary/aromatic N) is 1. The zero-order chi connectivity index (χ0) is 20.5. The van der Waals surface area contributed by atoms with Gasteiger partial charge < -0.3 is 10.2 Å². The Labute approximate surface area is 180 Å². The maximum Gasteiger partial charge on any atom is 0.255 e. The first-order valence-corrected chi connectivity index (χ1v) is 10.0. The van der Waals surface area contributed by atoms with Gasteiger partial charge in [-0.05, 0) is 60.2 Å². The molecular formula is C22H15BrClFN2O2. The summed E-state index contributed by atoms with van der Waals surface area (Å²) in [5.41, 5.74) is 2.45. The Balaban J connectivity index is 1.88. The molecule has 0 fully saturated rings. The van der Waals surface area contributed by atoms with Crippen molar-refractivity contribution in [2.45, 2.75) is 6.04 Å². The van der Waals surface area contributed by atoms with Gasteiger partial charge in [-0.25, -0.2) is 4.39 Å². The van der Waals surface area contributed by atoms with Crippen LogP contribution in [0.25, 0.3) is 0 Å². The minimum atomic E-state index is -0.578. The van der Waals surface area contributed by atoms with Crippen LogP contribution in [0.2, 0.25) is 5.02 Å². The number of hydrogen-bond acceptors (Lipinski definition) is 2. The smallest absolute Gasteiger partial charge is 0.255 e. The first kappa shape index (κ1) is 19.6. The molecule has 0 saturated carbocycles. The third-order valence-electron chi connectivity index (χ3n) is 4.75. The molecule has 29 heavy (non-hydrogen) atoms. The number of nitrogens with one attached hydrogen (secondary N) is 1. The molecule has 3 aromatic rings. The molecule has 0 bridgehead atoms. The molecule has 2 amide bonds. The zero-order valence-electron chi connectivity index (χ0n) is 15.0. The van der Waals surface area contributed by atoms with Gasteiger partial charge in [0.1, 0.15) is 12.4 Å². The van der Waals surface area contributed by atoms with Gasteiger partial charge in [0.2, 0.25) is 5.91 Å². The van der Waals surface area contributed by atoms with Crippen molar-refractivity contribution in [1.29, 1.82) is 0 Å². The molecule has 146 valence electrons. The number of rotatable bonds is 2. The van der Waals surface area contributed by atoms with Crippen LogP contribution in [0.1, 0.15) is 27.5 Å². The minimum absolute atomic E-state index is 0.143. The predicted octanol–water partition coefficient (Wildman–Crippen LogP) is 5.43. The van der Waals surface area contributed by atoms with Crippen LogP contribution in [0, 0.1) is 5.82 Å². The summed E-state index contributed by atoms with van der Waals surface area (Å²) in [6, 6.07) is 17.3. The van der Waals surface area contributed by atoms with Gasteiger partial charge >= 0.3 is 0 Å². The van der Waals surface area contributed by atoms with Crippen LogP contribution in [0.3, 0.4) is 0 Å². The van der Waals surface area contributed by atoms with Crippen LogP contribution < -0.4 is 5.32 Å². The third-order valence-corrected chi connectivity index (χ3v) is 5.49. The van der Waals surface area contributed by atoms with E-state index in [0.717, 1.165) is 10.0 Å². The van der Waals surface area contributed by atoms with Crippen molar-refractivity contribution in [3.05, 3.63) is 98.7 Å². The van der Waals surface area contributed by atoms with Crippen molar-refractivity contribution >= 4 is 45.0 Å². The Morgan fingerprint density at radius 1 is 1.07 bits per heavy atom. The highest BCUT2D eigenvalue weighted by Gasteiger charge is 2.34. The maximum absolute atomic E-state index is 13.5. The van der Waals surface area contributed by atoms with Gasteiger partial charge in [0.25, 0.3) is 5.91 Å². The molecule has 1 unspecified atom stereocenters. The molecule has 0 aromatic heterocycles. The van der Waals surface area contributed by atoms with Crippen molar-refractivity contribution < 1.29 is 14.0 Å². The highest BCUT2D eigenvalue weighted by atomic mass is 79.9. The second-order valence-electron chi connectivity index (χ2n) is 6.67. The number of anilines is 1. The average Bonchev–Trinajstić information content (AvgIpc) is 2.84. The monoisotopic (exact) mass is 472 g/mol. The summed E-state index contributed by atoms with van der Waals surface area (Å²) in [4.78, 5) is 27.4. The van der Waals surface area contributed by atoms with Gasteiger partial charge in [0.15, 0.2) is 0 Å². The van der Waals surface area contributed by atoms with Crippen LogP contribution in [0.4, 0.5) is 10.1 Å². The Morgan fingerprint density at radius 2 is 1.76 bits per heavy atom. The molecule has 4 nitrogen and oxygen atoms in total. The average molecular weight is 474 g/mol. The molecule has 4 rings (SSSR count). The zero-order valence-corrected chi connectivity index (χ0v) is 17.4. The number of benzene rings is 3. The number of halogens is 3. The molecule has 1 aliphatic heterocycles. The predicted molar refractivity (Wildman–Crippen MR) is 114 cm³/mol. The Hall–Kier alpha value is -2.70. The molecule has 3 aromatic carbocycles. The molecular weight excluding hydrogens is 459 g/mol. The van der Waals surface area contributed by atoms with Crippen molar-refractivity contribution in [2.24, 2.45) is 0 Å². The number of fused-ring (bicyclic) bond motifs is 1. The van der Waals surface area contributed by atoms with Gasteiger partial charge in [-0.2, -0.15) is 0 Å². The van der Waals surface area contributed by atoms with Gasteiger partial charge in [-0.15, -0.1) is 0 Å². The summed E-state index contributed by atoms with van der Waals surface area (Å²) in [5.74, 6) is -0.999. The minimum Gasteiger partial charge on any atom is -0.324 e. The van der Waals surface area contributed by atoms with E-state index in [1.807, 2.05) is 12.1 Å². The van der Waals surface area contributed by atoms with E-state index in [0.29, 0.717) is 21.8 Å². The first-order valence-electron chi connectivity index (χ1n) is 8.83. The Morgan fingerprint density at radius 3 is 2.45 bits per heavy atom. The summed E-state index contributed by atoms with van der Waals surface area (Å²) < 4.78 is 14.4. The van der Waals surface area contributed by atoms with Gasteiger partial charge in [-0.1, -0.05) is 39.7 Å². The van der Waals surface area contributed by atoms with Crippen LogP contribution in [0.15, 0.2) is 71.2 Å². The molecule has 0 saturated heterocycles. The summed E-state index contributed by atoms with van der Waals surface area (Å²) in [6.45, 7) is -0.143. The Bertz CT molecular complexity index is 1090. The number of carbonyl (C=O) groups excluding carboxylic acids is 2. The SMILES string of the molecule is O=C1CN(C(=O)c2ccc(Cl)cc2)C(c2ccc(F)cc2)c2cc(Br)ccc2N1. The lowest BCUT2D eigenvalue weighted by Gasteiger charge is -2.30. The van der Waals surface area contributed by atoms with Crippen LogP contribution in [-0.2, 0) is 4.79 Å². The third kappa shape index (κ3) is 4.04. The lowest BCUT2D eigenvalue weighted by atomic mass is 9.95. The van der Waals surface area contributed by atoms with Crippen LogP contribution >= 0.6 is 27.5 Å². The van der Waals surface area contributed by atoms with Crippen LogP contribution in [0.5, 0.6) is 0 Å². The Kier molecular flexibility index (Phi) is 5.39. The number of amides is 2. The summed E-state index contributed by atoms with van der Waals surface area (Å²) >= 11 is 9.41. The van der Waals surface area contributed by atoms with Crippen molar-refractivity contribution in [1.82, 2.24) is 4.90 Å². The lowest BCUT2D eigenvalue weighted by molar-refractivity contribution is -0.117. The second-order valence-corrected chi connectivity index (χ2v) is 8.03. The fraction of sp³-hybridized carbons (Fsp3) is 0.0909. The van der Waals surface area contributed by atoms with E-state index in [4.69, 9.17) is 11.6 Å². The topological polar surface area (TPSA) is 49.4 Å². The van der Waals surface area contributed by atoms with E-state index >= 15 is 0 Å². The molecule has 0 radical (unpaired) electrons. The van der Waals surface area contributed by atoms with E-state index < -0.39 is 6.04 Å². The summed E-state index contributed by atoms with van der Waals surface area (Å²) in [5, 5.41) is 3.37. The molecule has 0 aliphatic carbocycles. The largest absolute Gasteiger partial charge is 0.324 e. The van der Waals surface area contributed by atoms with Crippen molar-refractivity contribution in [3.63, 3.8) is 0 Å². The molecule has 1 aliphatic rings. The molecule has 1 heterocycles. The van der Waals surface area contributed by atoms with Gasteiger partial charge in [0, 0.05) is 26.3 Å². The quantitative estimate of drug-likeness (QED) is 0.540. The molecule has 7 heteroatoms. The summed E-state index contributed by atoms with van der Waals surface area (Å²) in [6.07, 6.45) is 0. The number of carbonyl (C=O) groups is 2. The molecule has 1 atom stereocenters. The van der Waals surface area contributed by atoms with Gasteiger partial charge in [0.05, 0.1) is 6.04 Å². The van der Waals surface area contributed by atoms with E-state index in [1.54, 1.807) is 42.5 Å². The normalized spacial score (nSPS) is 16.0. The highest BCUT2D eigenvalue weighted by molar-refractivity contribution is 9.10. The number of hydrogen-bond donors (Lipinski definition) is 1. The molecule has 1 N–H and O–H groups in total. The second kappa shape index (κ2) is 7.97. The fourth-order valence-corrected chi connectivity index (χ4v) is 3.93. The van der Waals surface area contributed by atoms with Crippen molar-refractivity contribution in [3.8, 4) is 0 Å². The first-order chi connectivity index (χ1) is 13.9. The fourth-order valence-electron chi connectivity index (χ4n) is 3.43. The molecule has 0 spiro atoms. The maximum atomic E-state index is 13.5. The lowest BCUT2D eigenvalue weighted by Crippen LogP contribution is -2.39. The standard InChI is InChI=1S/C22H15BrClFN2O2/c23-15-5-10-19-18(11-15)21(13-3-8-17(25)9-4-13)27(12-20(28)26-19)22(29)14-1-6-16(24)7-2-14/h1-11,21H,12H2,(H,26,28). The summed E-state index contributed by atoms with van der Waals surface area (Å²) in [7, 11) is 0.